The lowest BCUT2D eigenvalue weighted by molar-refractivity contribution is -0.662. The molecule has 0 spiro atoms. The summed E-state index contributed by atoms with van der Waals surface area (Å²) in [6, 6.07) is 17.8. The van der Waals surface area contributed by atoms with E-state index < -0.39 is 5.72 Å². The quantitative estimate of drug-likeness (QED) is 0.824. The smallest absolute Gasteiger partial charge is 0.316 e. The van der Waals surface area contributed by atoms with Crippen LogP contribution < -0.4 is 4.90 Å². The van der Waals surface area contributed by atoms with E-state index in [4.69, 9.17) is 11.6 Å². The summed E-state index contributed by atoms with van der Waals surface area (Å²) in [4.78, 5) is 2.26. The Morgan fingerprint density at radius 2 is 1.88 bits per heavy atom. The Hall–Kier alpha value is -1.49. The zero-order valence-corrected chi connectivity index (χ0v) is 15.1. The largest absolute Gasteiger partial charge is 0.346 e. The minimum atomic E-state index is -1.05. The molecular weight excluding hydrogens is 340 g/mol. The monoisotopic (exact) mass is 359 g/mol. The molecule has 2 aliphatic heterocycles. The Morgan fingerprint density at radius 1 is 1.17 bits per heavy atom. The molecule has 4 rings (SSSR count). The minimum Gasteiger partial charge on any atom is -0.346 e. The first-order valence-electron chi connectivity index (χ1n) is 8.22. The lowest BCUT2D eigenvalue weighted by atomic mass is 9.95. The molecule has 2 aliphatic rings. The minimum absolute atomic E-state index is 0.0957. The number of amidine groups is 1. The van der Waals surface area contributed by atoms with Gasteiger partial charge in [0.1, 0.15) is 5.69 Å². The summed E-state index contributed by atoms with van der Waals surface area (Å²) >= 11 is 7.87. The third kappa shape index (κ3) is 2.36. The van der Waals surface area contributed by atoms with Gasteiger partial charge in [-0.15, -0.1) is 0 Å². The van der Waals surface area contributed by atoms with Crippen molar-refractivity contribution in [1.29, 1.82) is 0 Å². The van der Waals surface area contributed by atoms with Crippen molar-refractivity contribution in [3.05, 3.63) is 65.2 Å². The molecule has 0 saturated heterocycles. The molecule has 0 radical (unpaired) electrons. The fraction of sp³-hybridized carbons (Fsp3) is 0.316. The van der Waals surface area contributed by atoms with Crippen molar-refractivity contribution in [1.82, 2.24) is 0 Å². The molecule has 2 heterocycles. The summed E-state index contributed by atoms with van der Waals surface area (Å²) in [6.45, 7) is 2.95. The molecule has 0 fully saturated rings. The maximum atomic E-state index is 11.8. The van der Waals surface area contributed by atoms with Crippen LogP contribution in [0.2, 0.25) is 5.02 Å². The highest BCUT2D eigenvalue weighted by Crippen LogP contribution is 2.42. The number of halogens is 1. The van der Waals surface area contributed by atoms with E-state index in [9.17, 15) is 5.11 Å². The summed E-state index contributed by atoms with van der Waals surface area (Å²) in [5.41, 5.74) is 0.950. The van der Waals surface area contributed by atoms with Gasteiger partial charge in [-0.1, -0.05) is 41.9 Å². The maximum Gasteiger partial charge on any atom is 0.316 e. The zero-order chi connectivity index (χ0) is 16.7. The van der Waals surface area contributed by atoms with Crippen LogP contribution in [0.15, 0.2) is 54.6 Å². The van der Waals surface area contributed by atoms with Crippen molar-refractivity contribution < 1.29 is 9.68 Å². The van der Waals surface area contributed by atoms with Gasteiger partial charge in [0.05, 0.1) is 6.54 Å². The van der Waals surface area contributed by atoms with Gasteiger partial charge in [-0.25, -0.2) is 9.48 Å². The van der Waals surface area contributed by atoms with Gasteiger partial charge >= 0.3 is 5.17 Å². The molecule has 5 heteroatoms. The van der Waals surface area contributed by atoms with E-state index in [2.05, 4.69) is 28.5 Å². The summed E-state index contributed by atoms with van der Waals surface area (Å²) in [7, 11) is 0. The van der Waals surface area contributed by atoms with Gasteiger partial charge in [0.15, 0.2) is 6.04 Å². The number of para-hydroxylation sites is 1. The van der Waals surface area contributed by atoms with Gasteiger partial charge in [0.2, 0.25) is 0 Å². The van der Waals surface area contributed by atoms with Crippen LogP contribution in [0, 0.1) is 0 Å². The van der Waals surface area contributed by atoms with Gasteiger partial charge in [0, 0.05) is 16.3 Å². The standard InChI is InChI=1S/C19H20ClN2OS/c1-14-19(23,15-8-10-16(20)11-9-15)21-12-5-13-24-18(21)22(14)17-6-3-2-4-7-17/h2-4,6-11,14,23H,5,12-13H2,1H3/q+1. The number of hydrogen-bond donors (Lipinski definition) is 1. The fourth-order valence-corrected chi connectivity index (χ4v) is 5.03. The number of nitrogens with zero attached hydrogens (tertiary/aromatic N) is 2. The molecule has 0 aliphatic carbocycles. The van der Waals surface area contributed by atoms with Crippen molar-refractivity contribution in [2.75, 3.05) is 17.2 Å². The number of benzene rings is 2. The Balaban J connectivity index is 1.86. The molecule has 0 bridgehead atoms. The fourth-order valence-electron chi connectivity index (χ4n) is 3.66. The number of aliphatic hydroxyl groups is 1. The number of rotatable bonds is 2. The van der Waals surface area contributed by atoms with E-state index in [1.807, 2.05) is 54.2 Å². The highest BCUT2D eigenvalue weighted by molar-refractivity contribution is 8.14. The lowest BCUT2D eigenvalue weighted by Crippen LogP contribution is -2.47. The Bertz CT molecular complexity index is 778. The molecule has 24 heavy (non-hydrogen) atoms. The van der Waals surface area contributed by atoms with Crippen molar-refractivity contribution in [3.8, 4) is 0 Å². The van der Waals surface area contributed by atoms with E-state index in [0.717, 1.165) is 35.1 Å². The first-order chi connectivity index (χ1) is 11.6. The molecule has 1 N–H and O–H groups in total. The van der Waals surface area contributed by atoms with E-state index in [1.54, 1.807) is 0 Å². The van der Waals surface area contributed by atoms with Crippen LogP contribution in [0.1, 0.15) is 18.9 Å². The zero-order valence-electron chi connectivity index (χ0n) is 13.5. The van der Waals surface area contributed by atoms with Crippen LogP contribution in [-0.4, -0.2) is 33.2 Å². The van der Waals surface area contributed by atoms with Crippen molar-refractivity contribution in [3.63, 3.8) is 0 Å². The van der Waals surface area contributed by atoms with Crippen molar-refractivity contribution in [2.24, 2.45) is 0 Å². The first kappa shape index (κ1) is 16.0. The molecule has 0 saturated carbocycles. The topological polar surface area (TPSA) is 26.5 Å². The molecule has 2 aromatic carbocycles. The molecule has 0 amide bonds. The van der Waals surface area contributed by atoms with Crippen LogP contribution in [0.25, 0.3) is 0 Å². The highest BCUT2D eigenvalue weighted by atomic mass is 35.5. The second kappa shape index (κ2) is 6.10. The Morgan fingerprint density at radius 3 is 2.58 bits per heavy atom. The Labute approximate surface area is 151 Å². The average Bonchev–Trinajstić information content (AvgIpc) is 2.85. The average molecular weight is 360 g/mol. The van der Waals surface area contributed by atoms with Crippen molar-refractivity contribution >= 4 is 34.2 Å². The summed E-state index contributed by atoms with van der Waals surface area (Å²) in [6.07, 6.45) is 1.07. The molecule has 2 unspecified atom stereocenters. The lowest BCUT2D eigenvalue weighted by Gasteiger charge is -2.28. The van der Waals surface area contributed by atoms with E-state index in [0.29, 0.717) is 5.02 Å². The maximum absolute atomic E-state index is 11.8. The second-order valence-electron chi connectivity index (χ2n) is 6.25. The van der Waals surface area contributed by atoms with Gasteiger partial charge in [0.25, 0.3) is 5.72 Å². The predicted octanol–water partition coefficient (Wildman–Crippen LogP) is 3.90. The summed E-state index contributed by atoms with van der Waals surface area (Å²) in [5.74, 6) is 1.08. The first-order valence-corrected chi connectivity index (χ1v) is 9.59. The number of thioether (sulfide) groups is 1. The second-order valence-corrected chi connectivity index (χ2v) is 7.75. The van der Waals surface area contributed by atoms with Gasteiger partial charge in [-0.3, -0.25) is 0 Å². The van der Waals surface area contributed by atoms with E-state index in [-0.39, 0.29) is 6.04 Å². The third-order valence-corrected chi connectivity index (χ3v) is 6.30. The normalized spacial score (nSPS) is 26.6. The Kier molecular flexibility index (Phi) is 4.07. The summed E-state index contributed by atoms with van der Waals surface area (Å²) in [5, 5.41) is 13.6. The molecular formula is C19H20ClN2OS+. The number of hydrogen-bond acceptors (Lipinski definition) is 3. The van der Waals surface area contributed by atoms with Crippen LogP contribution >= 0.6 is 23.4 Å². The number of anilines is 1. The van der Waals surface area contributed by atoms with Crippen LogP contribution in [0.3, 0.4) is 0 Å². The predicted molar refractivity (Wildman–Crippen MR) is 101 cm³/mol. The molecule has 2 aromatic rings. The van der Waals surface area contributed by atoms with Crippen LogP contribution in [-0.2, 0) is 5.72 Å². The van der Waals surface area contributed by atoms with Crippen molar-refractivity contribution in [2.45, 2.75) is 25.1 Å². The molecule has 2 atom stereocenters. The SMILES string of the molecule is CC1N(c2ccccc2)C2=[N+](CCCS2)C1(O)c1ccc(Cl)cc1. The molecule has 0 aromatic heterocycles. The van der Waals surface area contributed by atoms with Crippen LogP contribution in [0.5, 0.6) is 0 Å². The van der Waals surface area contributed by atoms with E-state index >= 15 is 0 Å². The van der Waals surface area contributed by atoms with Gasteiger partial charge in [-0.05, 0) is 49.4 Å². The highest BCUT2D eigenvalue weighted by Gasteiger charge is 2.59. The van der Waals surface area contributed by atoms with Crippen LogP contribution in [0.4, 0.5) is 5.69 Å². The van der Waals surface area contributed by atoms with Gasteiger partial charge in [-0.2, -0.15) is 0 Å². The third-order valence-electron chi connectivity index (χ3n) is 4.88. The van der Waals surface area contributed by atoms with Gasteiger partial charge < -0.3 is 5.11 Å². The summed E-state index contributed by atoms with van der Waals surface area (Å²) < 4.78 is 2.15. The molecule has 124 valence electrons. The van der Waals surface area contributed by atoms with E-state index in [1.165, 1.54) is 0 Å². The molecule has 3 nitrogen and oxygen atoms in total.